The van der Waals surface area contributed by atoms with E-state index in [1.807, 2.05) is 18.5 Å². The first-order chi connectivity index (χ1) is 6.16. The van der Waals surface area contributed by atoms with Crippen molar-refractivity contribution >= 4 is 23.2 Å². The highest BCUT2D eigenvalue weighted by molar-refractivity contribution is 6.31. The predicted molar refractivity (Wildman–Crippen MR) is 56.7 cm³/mol. The third-order valence-corrected chi connectivity index (χ3v) is 2.86. The van der Waals surface area contributed by atoms with Crippen LogP contribution in [0.25, 0.3) is 0 Å². The summed E-state index contributed by atoms with van der Waals surface area (Å²) in [5.41, 5.74) is 1.96. The monoisotopic (exact) mass is 220 g/mol. The van der Waals surface area contributed by atoms with Crippen molar-refractivity contribution in [2.75, 3.05) is 5.88 Å². The van der Waals surface area contributed by atoms with E-state index in [1.54, 1.807) is 0 Å². The first kappa shape index (κ1) is 10.9. The SMILES string of the molecule is Cc1nn(CCCCCl)c(C)c1Cl. The summed E-state index contributed by atoms with van der Waals surface area (Å²) < 4.78 is 1.95. The zero-order chi connectivity index (χ0) is 9.84. The van der Waals surface area contributed by atoms with Gasteiger partial charge in [-0.3, -0.25) is 4.68 Å². The number of rotatable bonds is 4. The maximum atomic E-state index is 6.00. The van der Waals surface area contributed by atoms with Crippen molar-refractivity contribution in [3.63, 3.8) is 0 Å². The fraction of sp³-hybridized carbons (Fsp3) is 0.667. The van der Waals surface area contributed by atoms with Gasteiger partial charge in [0.15, 0.2) is 0 Å². The van der Waals surface area contributed by atoms with Crippen LogP contribution in [0.2, 0.25) is 5.02 Å². The first-order valence-electron chi connectivity index (χ1n) is 4.42. The summed E-state index contributed by atoms with van der Waals surface area (Å²) >= 11 is 11.6. The second-order valence-electron chi connectivity index (χ2n) is 3.10. The second kappa shape index (κ2) is 4.87. The van der Waals surface area contributed by atoms with Gasteiger partial charge in [-0.05, 0) is 26.7 Å². The van der Waals surface area contributed by atoms with Crippen molar-refractivity contribution in [1.82, 2.24) is 9.78 Å². The van der Waals surface area contributed by atoms with Crippen molar-refractivity contribution in [3.8, 4) is 0 Å². The fourth-order valence-corrected chi connectivity index (χ4v) is 1.57. The second-order valence-corrected chi connectivity index (χ2v) is 3.86. The van der Waals surface area contributed by atoms with Crippen LogP contribution in [0.1, 0.15) is 24.2 Å². The Hall–Kier alpha value is -0.210. The van der Waals surface area contributed by atoms with Gasteiger partial charge in [-0.2, -0.15) is 5.10 Å². The van der Waals surface area contributed by atoms with Gasteiger partial charge in [0.05, 0.1) is 16.4 Å². The summed E-state index contributed by atoms with van der Waals surface area (Å²) in [5.74, 6) is 0.715. The molecular formula is C9H14Cl2N2. The molecule has 0 unspecified atom stereocenters. The molecule has 0 amide bonds. The van der Waals surface area contributed by atoms with Crippen LogP contribution in [-0.2, 0) is 6.54 Å². The molecular weight excluding hydrogens is 207 g/mol. The number of alkyl halides is 1. The van der Waals surface area contributed by atoms with Crippen LogP contribution in [0, 0.1) is 13.8 Å². The third kappa shape index (κ3) is 2.61. The first-order valence-corrected chi connectivity index (χ1v) is 5.33. The molecule has 0 spiro atoms. The van der Waals surface area contributed by atoms with Gasteiger partial charge in [0, 0.05) is 12.4 Å². The summed E-state index contributed by atoms with van der Waals surface area (Å²) in [6.45, 7) is 4.82. The lowest BCUT2D eigenvalue weighted by atomic mass is 10.3. The Morgan fingerprint density at radius 2 is 2.00 bits per heavy atom. The molecule has 0 radical (unpaired) electrons. The molecule has 0 atom stereocenters. The van der Waals surface area contributed by atoms with Gasteiger partial charge in [0.1, 0.15) is 0 Å². The molecule has 0 saturated carbocycles. The van der Waals surface area contributed by atoms with Crippen LogP contribution >= 0.6 is 23.2 Å². The third-order valence-electron chi connectivity index (χ3n) is 2.05. The molecule has 0 aliphatic carbocycles. The summed E-state index contributed by atoms with van der Waals surface area (Å²) in [4.78, 5) is 0. The van der Waals surface area contributed by atoms with Gasteiger partial charge < -0.3 is 0 Å². The van der Waals surface area contributed by atoms with Gasteiger partial charge in [-0.1, -0.05) is 11.6 Å². The number of hydrogen-bond donors (Lipinski definition) is 0. The molecule has 1 heterocycles. The van der Waals surface area contributed by atoms with E-state index >= 15 is 0 Å². The highest BCUT2D eigenvalue weighted by Gasteiger charge is 2.07. The number of unbranched alkanes of at least 4 members (excludes halogenated alkanes) is 1. The number of aromatic nitrogens is 2. The van der Waals surface area contributed by atoms with Crippen LogP contribution in [0.3, 0.4) is 0 Å². The maximum Gasteiger partial charge on any atom is 0.0844 e. The van der Waals surface area contributed by atoms with Crippen molar-refractivity contribution in [2.45, 2.75) is 33.2 Å². The molecule has 0 aliphatic rings. The van der Waals surface area contributed by atoms with Crippen molar-refractivity contribution < 1.29 is 0 Å². The summed E-state index contributed by atoms with van der Waals surface area (Å²) in [6.07, 6.45) is 2.08. The molecule has 1 aromatic heterocycles. The average Bonchev–Trinajstić information content (AvgIpc) is 2.34. The van der Waals surface area contributed by atoms with E-state index in [4.69, 9.17) is 23.2 Å². The molecule has 0 N–H and O–H groups in total. The Kier molecular flexibility index (Phi) is 4.07. The van der Waals surface area contributed by atoms with Gasteiger partial charge in [0.2, 0.25) is 0 Å². The lowest BCUT2D eigenvalue weighted by Gasteiger charge is -2.02. The minimum atomic E-state index is 0.715. The van der Waals surface area contributed by atoms with Gasteiger partial charge in [-0.25, -0.2) is 0 Å². The molecule has 1 aromatic rings. The zero-order valence-electron chi connectivity index (χ0n) is 7.98. The summed E-state index contributed by atoms with van der Waals surface area (Å²) in [5, 5.41) is 5.11. The normalized spacial score (nSPS) is 10.8. The van der Waals surface area contributed by atoms with Crippen LogP contribution < -0.4 is 0 Å². The van der Waals surface area contributed by atoms with Crippen molar-refractivity contribution in [1.29, 1.82) is 0 Å². The Morgan fingerprint density at radius 1 is 1.31 bits per heavy atom. The van der Waals surface area contributed by atoms with E-state index in [-0.39, 0.29) is 0 Å². The minimum absolute atomic E-state index is 0.715. The quantitative estimate of drug-likeness (QED) is 0.564. The Morgan fingerprint density at radius 3 is 2.46 bits per heavy atom. The van der Waals surface area contributed by atoms with Crippen LogP contribution in [-0.4, -0.2) is 15.7 Å². The molecule has 1 rings (SSSR count). The van der Waals surface area contributed by atoms with Crippen LogP contribution in [0.15, 0.2) is 0 Å². The molecule has 0 saturated heterocycles. The van der Waals surface area contributed by atoms with Gasteiger partial charge in [0.25, 0.3) is 0 Å². The average molecular weight is 221 g/mol. The molecule has 13 heavy (non-hydrogen) atoms. The molecule has 0 fully saturated rings. The maximum absolute atomic E-state index is 6.00. The molecule has 74 valence electrons. The minimum Gasteiger partial charge on any atom is -0.268 e. The fourth-order valence-electron chi connectivity index (χ4n) is 1.25. The number of nitrogens with zero attached hydrogens (tertiary/aromatic N) is 2. The lowest BCUT2D eigenvalue weighted by Crippen LogP contribution is -2.02. The zero-order valence-corrected chi connectivity index (χ0v) is 9.49. The van der Waals surface area contributed by atoms with Crippen LogP contribution in [0.4, 0.5) is 0 Å². The smallest absolute Gasteiger partial charge is 0.0844 e. The number of halogens is 2. The van der Waals surface area contributed by atoms with Crippen molar-refractivity contribution in [3.05, 3.63) is 16.4 Å². The Labute approximate surface area is 88.8 Å². The van der Waals surface area contributed by atoms with Gasteiger partial charge in [-0.15, -0.1) is 11.6 Å². The number of hydrogen-bond acceptors (Lipinski definition) is 1. The van der Waals surface area contributed by atoms with Gasteiger partial charge >= 0.3 is 0 Å². The highest BCUT2D eigenvalue weighted by atomic mass is 35.5. The summed E-state index contributed by atoms with van der Waals surface area (Å²) in [7, 11) is 0. The number of aryl methyl sites for hydroxylation is 2. The highest BCUT2D eigenvalue weighted by Crippen LogP contribution is 2.19. The Bertz CT molecular complexity index is 281. The van der Waals surface area contributed by atoms with E-state index in [2.05, 4.69) is 5.10 Å². The van der Waals surface area contributed by atoms with E-state index in [0.29, 0.717) is 5.88 Å². The Balaban J connectivity index is 2.61. The molecule has 0 aromatic carbocycles. The topological polar surface area (TPSA) is 17.8 Å². The van der Waals surface area contributed by atoms with E-state index in [1.165, 1.54) is 0 Å². The molecule has 2 nitrogen and oxygen atoms in total. The largest absolute Gasteiger partial charge is 0.268 e. The lowest BCUT2D eigenvalue weighted by molar-refractivity contribution is 0.557. The molecule has 0 bridgehead atoms. The standard InChI is InChI=1S/C9H14Cl2N2/c1-7-9(11)8(2)13(12-7)6-4-3-5-10/h3-6H2,1-2H3. The van der Waals surface area contributed by atoms with Crippen LogP contribution in [0.5, 0.6) is 0 Å². The van der Waals surface area contributed by atoms with E-state index in [9.17, 15) is 0 Å². The van der Waals surface area contributed by atoms with E-state index < -0.39 is 0 Å². The molecule has 0 aliphatic heterocycles. The summed E-state index contributed by atoms with van der Waals surface area (Å²) in [6, 6.07) is 0. The van der Waals surface area contributed by atoms with E-state index in [0.717, 1.165) is 35.8 Å². The molecule has 4 heteroatoms. The predicted octanol–water partition coefficient (Wildman–Crippen LogP) is 3.17. The van der Waals surface area contributed by atoms with Crippen molar-refractivity contribution in [2.24, 2.45) is 0 Å².